The lowest BCUT2D eigenvalue weighted by Gasteiger charge is -2.29. The molecule has 10 amide bonds. The van der Waals surface area contributed by atoms with Crippen LogP contribution in [0.5, 0.6) is 0 Å². The first kappa shape index (κ1) is 77.2. The lowest BCUT2D eigenvalue weighted by Crippen LogP contribution is -2.62. The van der Waals surface area contributed by atoms with Crippen molar-refractivity contribution in [2.75, 3.05) is 13.1 Å². The van der Waals surface area contributed by atoms with E-state index in [2.05, 4.69) is 68.1 Å². The quantitative estimate of drug-likeness (QED) is 0.0161. The first-order valence-electron chi connectivity index (χ1n) is 30.3. The van der Waals surface area contributed by atoms with Crippen LogP contribution in [0.4, 0.5) is 0 Å². The van der Waals surface area contributed by atoms with Gasteiger partial charge in [0.2, 0.25) is 59.1 Å². The third kappa shape index (κ3) is 28.8. The molecule has 1 aliphatic heterocycles. The van der Waals surface area contributed by atoms with Gasteiger partial charge in [0.25, 0.3) is 5.97 Å². The highest BCUT2D eigenvalue weighted by Gasteiger charge is 2.38. The summed E-state index contributed by atoms with van der Waals surface area (Å²) in [5.41, 5.74) is 18.3. The van der Waals surface area contributed by atoms with Crippen LogP contribution < -0.4 is 70.4 Å². The smallest absolute Gasteiger partial charge is 0.305 e. The lowest BCUT2D eigenvalue weighted by atomic mass is 9.98. The van der Waals surface area contributed by atoms with Gasteiger partial charge in [0, 0.05) is 44.6 Å². The van der Waals surface area contributed by atoms with Gasteiger partial charge in [0.1, 0.15) is 54.4 Å². The fraction of sp³-hybridized carbons (Fsp3) is 0.525. The van der Waals surface area contributed by atoms with Gasteiger partial charge < -0.3 is 90.7 Å². The summed E-state index contributed by atoms with van der Waals surface area (Å²) in [6.45, 7) is 11.5. The number of rotatable bonds is 37. The van der Waals surface area contributed by atoms with Crippen LogP contribution in [0.2, 0.25) is 0 Å². The molecule has 4 rings (SSSR count). The molecule has 2 aromatic carbocycles. The largest absolute Gasteiger partial charge is 0.481 e. The Bertz CT molecular complexity index is 3030. The Morgan fingerprint density at radius 3 is 1.43 bits per heavy atom. The number of aromatic amines is 1. The Morgan fingerprint density at radius 1 is 0.548 bits per heavy atom. The number of carboxylic acid groups (broad SMARTS) is 3. The standard InChI is InChI=1S/C59H86N16O14.C2H4O2/c1-31(2)23-40(52(83)67-38(20-14-22-65-59(61)62)51(82)68-39(49(60)80)24-34-15-9-7-10-16-34)69-53(84)41(25-35-17-11-8-12-18-35)72-57(88)47(32(3)4)74-55(86)42(26-36-29-63-30-66-36)70-54(85)43(27-45(76)77)73-58(89)48(33(5)6)75-56(87)44(28-46(78)79)71-50(81)37-19-13-21-64-37;1-2(3)4/h7-12,15-18,29-33,37-44,47-48,64H,13-14,19-28H2,1-6H3,(H2,60,80)(H,63,66)(H,67,83)(H,68,82)(H,69,84)(H,70,85)(H,71,81)(H,72,88)(H,73,89)(H,74,86)(H,75,87)(H,76,77)(H,78,79)(H4,61,62,65);1H3,(H,3,4)/t37-,38-,39-,40-,41-,42+,43-,44-,47-,48-;/m0./s1. The Balaban J connectivity index is 0.00000547. The molecule has 93 heavy (non-hydrogen) atoms. The van der Waals surface area contributed by atoms with Gasteiger partial charge in [0.05, 0.1) is 25.2 Å². The highest BCUT2D eigenvalue weighted by atomic mass is 16.4. The summed E-state index contributed by atoms with van der Waals surface area (Å²) in [6.07, 6.45) is 1.66. The van der Waals surface area contributed by atoms with Crippen molar-refractivity contribution >= 4 is 82.9 Å². The van der Waals surface area contributed by atoms with E-state index in [-0.39, 0.29) is 56.9 Å². The summed E-state index contributed by atoms with van der Waals surface area (Å²) in [6, 6.07) is 3.39. The number of carboxylic acids is 3. The van der Waals surface area contributed by atoms with Crippen LogP contribution in [0.15, 0.2) is 78.2 Å². The van der Waals surface area contributed by atoms with E-state index in [0.29, 0.717) is 36.2 Å². The minimum Gasteiger partial charge on any atom is -0.481 e. The molecule has 1 aromatic heterocycles. The maximum Gasteiger partial charge on any atom is 0.305 e. The maximum absolute atomic E-state index is 14.6. The molecule has 1 fully saturated rings. The fourth-order valence-electron chi connectivity index (χ4n) is 9.57. The van der Waals surface area contributed by atoms with E-state index in [0.717, 1.165) is 6.92 Å². The number of aromatic nitrogens is 2. The van der Waals surface area contributed by atoms with Gasteiger partial charge in [-0.15, -0.1) is 0 Å². The summed E-state index contributed by atoms with van der Waals surface area (Å²) in [5, 5.41) is 53.0. The molecule has 510 valence electrons. The predicted molar refractivity (Wildman–Crippen MR) is 337 cm³/mol. The molecule has 0 unspecified atom stereocenters. The van der Waals surface area contributed by atoms with Crippen LogP contribution in [-0.4, -0.2) is 182 Å². The van der Waals surface area contributed by atoms with Crippen LogP contribution in [0.3, 0.4) is 0 Å². The van der Waals surface area contributed by atoms with E-state index < -0.39 is 162 Å². The number of H-pyrrole nitrogens is 1. The number of primary amides is 1. The van der Waals surface area contributed by atoms with Crippen molar-refractivity contribution in [2.45, 2.75) is 173 Å². The number of hydrogen-bond donors (Lipinski definition) is 17. The van der Waals surface area contributed by atoms with Crippen molar-refractivity contribution in [1.82, 2.24) is 63.1 Å². The molecule has 10 atom stereocenters. The normalized spacial score (nSPS) is 15.4. The van der Waals surface area contributed by atoms with Crippen molar-refractivity contribution in [3.8, 4) is 0 Å². The number of carbonyl (C=O) groups is 13. The number of nitrogens with zero attached hydrogens (tertiary/aromatic N) is 2. The SMILES string of the molecule is CC(=O)O.CC(C)C[C@H](NC(=O)[C@H](Cc1ccccc1)NC(=O)[C@@H](NC(=O)[C@@H](Cc1cnc[nH]1)NC(=O)[C@H](CC(=O)O)NC(=O)[C@@H](NC(=O)[C@H](CC(=O)O)NC(=O)[C@@H]1CCCN1)C(C)C)C(C)C)C(=O)N[C@@H](CCCN=C(N)N)C(=O)N[C@@H](Cc1ccccc1)C(N)=O. The molecule has 32 nitrogen and oxygen atoms in total. The van der Waals surface area contributed by atoms with E-state index in [1.54, 1.807) is 88.4 Å². The molecule has 3 aromatic rings. The van der Waals surface area contributed by atoms with E-state index in [1.165, 1.54) is 26.4 Å². The summed E-state index contributed by atoms with van der Waals surface area (Å²) in [5.74, 6) is -14.7. The summed E-state index contributed by atoms with van der Waals surface area (Å²) < 4.78 is 0. The van der Waals surface area contributed by atoms with Gasteiger partial charge in [-0.25, -0.2) is 4.98 Å². The molecule has 0 saturated carbocycles. The van der Waals surface area contributed by atoms with Crippen molar-refractivity contribution in [3.63, 3.8) is 0 Å². The topological polar surface area (TPSA) is 522 Å². The van der Waals surface area contributed by atoms with E-state index in [1.807, 2.05) is 0 Å². The van der Waals surface area contributed by atoms with Gasteiger partial charge in [-0.05, 0) is 67.5 Å². The zero-order valence-corrected chi connectivity index (χ0v) is 53.2. The fourth-order valence-corrected chi connectivity index (χ4v) is 9.57. The second-order valence-corrected chi connectivity index (χ2v) is 23.4. The van der Waals surface area contributed by atoms with Crippen LogP contribution in [0.1, 0.15) is 110 Å². The molecule has 1 aliphatic rings. The van der Waals surface area contributed by atoms with E-state index in [4.69, 9.17) is 27.1 Å². The average Bonchev–Trinajstić information content (AvgIpc) is 1.28. The number of hydrogen-bond acceptors (Lipinski definition) is 16. The summed E-state index contributed by atoms with van der Waals surface area (Å²) >= 11 is 0. The molecular formula is C61H90N16O16. The number of guanidine groups is 1. The summed E-state index contributed by atoms with van der Waals surface area (Å²) in [7, 11) is 0. The Kier molecular flexibility index (Phi) is 32.6. The van der Waals surface area contributed by atoms with Crippen molar-refractivity contribution in [3.05, 3.63) is 90.0 Å². The molecule has 2 heterocycles. The molecule has 0 aliphatic carbocycles. The highest BCUT2D eigenvalue weighted by Crippen LogP contribution is 2.14. The predicted octanol–water partition coefficient (Wildman–Crippen LogP) is -2.51. The molecule has 0 radical (unpaired) electrons. The Labute approximate surface area is 538 Å². The third-order valence-corrected chi connectivity index (χ3v) is 14.3. The number of aliphatic carboxylic acids is 3. The number of benzene rings is 2. The minimum atomic E-state index is -1.90. The average molecular weight is 1300 g/mol. The number of carbonyl (C=O) groups excluding carboxylic acids is 10. The number of imidazole rings is 1. The van der Waals surface area contributed by atoms with Gasteiger partial charge in [0.15, 0.2) is 5.96 Å². The van der Waals surface area contributed by atoms with Gasteiger partial charge in [-0.2, -0.15) is 0 Å². The van der Waals surface area contributed by atoms with Crippen LogP contribution >= 0.6 is 0 Å². The number of amides is 10. The molecule has 20 N–H and O–H groups in total. The highest BCUT2D eigenvalue weighted by molar-refractivity contribution is 6.00. The zero-order chi connectivity index (χ0) is 69.5. The zero-order valence-electron chi connectivity index (χ0n) is 53.2. The van der Waals surface area contributed by atoms with E-state index >= 15 is 0 Å². The minimum absolute atomic E-state index is 0.0180. The van der Waals surface area contributed by atoms with Gasteiger partial charge in [-0.3, -0.25) is 67.3 Å². The Hall–Kier alpha value is -10.0. The lowest BCUT2D eigenvalue weighted by molar-refractivity contribution is -0.142. The molecule has 0 spiro atoms. The van der Waals surface area contributed by atoms with Gasteiger partial charge >= 0.3 is 11.9 Å². The van der Waals surface area contributed by atoms with Crippen LogP contribution in [0.25, 0.3) is 0 Å². The monoisotopic (exact) mass is 1300 g/mol. The van der Waals surface area contributed by atoms with Crippen molar-refractivity contribution in [1.29, 1.82) is 0 Å². The van der Waals surface area contributed by atoms with Crippen LogP contribution in [0, 0.1) is 17.8 Å². The van der Waals surface area contributed by atoms with Crippen molar-refractivity contribution < 1.29 is 77.6 Å². The number of nitrogens with one attached hydrogen (secondary N) is 11. The van der Waals surface area contributed by atoms with Gasteiger partial charge in [-0.1, -0.05) is 102 Å². The summed E-state index contributed by atoms with van der Waals surface area (Å²) in [4.78, 5) is 183. The third-order valence-electron chi connectivity index (χ3n) is 14.3. The number of aliphatic imine (C=N–C) groups is 1. The molecule has 32 heteroatoms. The Morgan fingerprint density at radius 2 is 0.968 bits per heavy atom. The van der Waals surface area contributed by atoms with Crippen molar-refractivity contribution in [2.24, 2.45) is 39.9 Å². The second-order valence-electron chi connectivity index (χ2n) is 23.4. The van der Waals surface area contributed by atoms with E-state index in [9.17, 15) is 67.7 Å². The van der Waals surface area contributed by atoms with Crippen LogP contribution in [-0.2, 0) is 81.6 Å². The number of nitrogens with two attached hydrogens (primary N) is 3. The second kappa shape index (κ2) is 39.3. The maximum atomic E-state index is 14.6. The molecule has 1 saturated heterocycles. The first-order chi connectivity index (χ1) is 43.8. The molecule has 0 bridgehead atoms. The molecular weight excluding hydrogens is 1210 g/mol. The first-order valence-corrected chi connectivity index (χ1v) is 30.3.